The van der Waals surface area contributed by atoms with Gasteiger partial charge in [-0.3, -0.25) is 0 Å². The van der Waals surface area contributed by atoms with E-state index in [-0.39, 0.29) is 0 Å². The Bertz CT molecular complexity index is 422. The van der Waals surface area contributed by atoms with E-state index in [0.717, 1.165) is 21.6 Å². The van der Waals surface area contributed by atoms with Gasteiger partial charge >= 0.3 is 0 Å². The lowest BCUT2D eigenvalue weighted by molar-refractivity contribution is 0.182. The van der Waals surface area contributed by atoms with Crippen LogP contribution in [0.1, 0.15) is 5.69 Å². The van der Waals surface area contributed by atoms with Crippen LogP contribution in [0, 0.1) is 0 Å². The molecule has 0 atom stereocenters. The zero-order chi connectivity index (χ0) is 9.26. The minimum Gasteiger partial charge on any atom is -0.378 e. The van der Waals surface area contributed by atoms with Crippen LogP contribution < -0.4 is 0 Å². The fourth-order valence-electron chi connectivity index (χ4n) is 1.41. The summed E-state index contributed by atoms with van der Waals surface area (Å²) in [6, 6.07) is 7.88. The summed E-state index contributed by atoms with van der Waals surface area (Å²) in [4.78, 5) is 3.21. The first kappa shape index (κ1) is 8.60. The first-order chi connectivity index (χ1) is 6.31. The van der Waals surface area contributed by atoms with Gasteiger partial charge in [-0.15, -0.1) is 0 Å². The number of methoxy groups -OCH3 is 1. The summed E-state index contributed by atoms with van der Waals surface area (Å²) in [6.07, 6.45) is 0. The Morgan fingerprint density at radius 3 is 3.00 bits per heavy atom. The molecule has 2 rings (SSSR count). The van der Waals surface area contributed by atoms with E-state index < -0.39 is 0 Å². The zero-order valence-corrected chi connectivity index (χ0v) is 8.06. The molecule has 0 radical (unpaired) electrons. The fraction of sp³-hybridized carbons (Fsp3) is 0.200. The third kappa shape index (κ3) is 1.55. The minimum atomic E-state index is 0.588. The molecular weight excluding hydrogens is 186 g/mol. The number of fused-ring (bicyclic) bond motifs is 1. The molecule has 0 bridgehead atoms. The molecule has 3 heteroatoms. The van der Waals surface area contributed by atoms with E-state index in [1.807, 2.05) is 24.3 Å². The van der Waals surface area contributed by atoms with Gasteiger partial charge in [0.25, 0.3) is 0 Å². The molecule has 1 aromatic heterocycles. The number of nitrogens with one attached hydrogen (secondary N) is 1. The van der Waals surface area contributed by atoms with Crippen molar-refractivity contribution in [2.24, 2.45) is 0 Å². The molecule has 0 saturated heterocycles. The van der Waals surface area contributed by atoms with E-state index in [9.17, 15) is 0 Å². The first-order valence-corrected chi connectivity index (χ1v) is 4.44. The number of ether oxygens (including phenoxy) is 1. The average Bonchev–Trinajstić information content (AvgIpc) is 2.49. The van der Waals surface area contributed by atoms with E-state index in [2.05, 4.69) is 4.98 Å². The van der Waals surface area contributed by atoms with E-state index in [4.69, 9.17) is 16.3 Å². The van der Waals surface area contributed by atoms with Gasteiger partial charge in [0.05, 0.1) is 17.1 Å². The molecule has 2 nitrogen and oxygen atoms in total. The monoisotopic (exact) mass is 195 g/mol. The molecule has 0 spiro atoms. The van der Waals surface area contributed by atoms with Crippen molar-refractivity contribution in [3.63, 3.8) is 0 Å². The molecular formula is C10H10ClNO. The summed E-state index contributed by atoms with van der Waals surface area (Å²) in [5.74, 6) is 0. The molecule has 0 aliphatic carbocycles. The third-order valence-electron chi connectivity index (χ3n) is 1.96. The maximum atomic E-state index is 6.00. The van der Waals surface area contributed by atoms with Gasteiger partial charge in [-0.2, -0.15) is 0 Å². The second kappa shape index (κ2) is 3.40. The molecule has 0 unspecified atom stereocenters. The summed E-state index contributed by atoms with van der Waals surface area (Å²) in [6.45, 7) is 0.588. The first-order valence-electron chi connectivity index (χ1n) is 4.06. The van der Waals surface area contributed by atoms with Gasteiger partial charge in [0, 0.05) is 18.2 Å². The number of aromatic amines is 1. The SMILES string of the molecule is COCc1cc2cccc(Cl)c2[nH]1. The fourth-order valence-corrected chi connectivity index (χ4v) is 1.64. The van der Waals surface area contributed by atoms with Crippen LogP contribution in [0.5, 0.6) is 0 Å². The van der Waals surface area contributed by atoms with E-state index in [1.165, 1.54) is 0 Å². The lowest BCUT2D eigenvalue weighted by Gasteiger charge is -1.93. The molecule has 0 fully saturated rings. The van der Waals surface area contributed by atoms with Crippen molar-refractivity contribution in [2.75, 3.05) is 7.11 Å². The third-order valence-corrected chi connectivity index (χ3v) is 2.28. The second-order valence-corrected chi connectivity index (χ2v) is 3.34. The zero-order valence-electron chi connectivity index (χ0n) is 7.30. The van der Waals surface area contributed by atoms with E-state index in [0.29, 0.717) is 6.61 Å². The van der Waals surface area contributed by atoms with Gasteiger partial charge in [0.1, 0.15) is 0 Å². The predicted octanol–water partition coefficient (Wildman–Crippen LogP) is 2.97. The lowest BCUT2D eigenvalue weighted by Crippen LogP contribution is -1.85. The molecule has 1 heterocycles. The smallest absolute Gasteiger partial charge is 0.0862 e. The highest BCUT2D eigenvalue weighted by Crippen LogP contribution is 2.23. The van der Waals surface area contributed by atoms with E-state index >= 15 is 0 Å². The average molecular weight is 196 g/mol. The Labute approximate surface area is 81.5 Å². The minimum absolute atomic E-state index is 0.588. The van der Waals surface area contributed by atoms with Crippen molar-refractivity contribution in [1.29, 1.82) is 0 Å². The highest BCUT2D eigenvalue weighted by Gasteiger charge is 2.02. The highest BCUT2D eigenvalue weighted by molar-refractivity contribution is 6.35. The Hall–Kier alpha value is -0.990. The number of halogens is 1. The second-order valence-electron chi connectivity index (χ2n) is 2.93. The Morgan fingerprint density at radius 1 is 1.46 bits per heavy atom. The summed E-state index contributed by atoms with van der Waals surface area (Å²) in [5, 5.41) is 1.87. The van der Waals surface area contributed by atoms with Crippen molar-refractivity contribution in [3.05, 3.63) is 35.0 Å². The largest absolute Gasteiger partial charge is 0.378 e. The number of hydrogen-bond acceptors (Lipinski definition) is 1. The van der Waals surface area contributed by atoms with Gasteiger partial charge in [-0.25, -0.2) is 0 Å². The normalized spacial score (nSPS) is 10.9. The highest BCUT2D eigenvalue weighted by atomic mass is 35.5. The molecule has 0 saturated carbocycles. The topological polar surface area (TPSA) is 25.0 Å². The summed E-state index contributed by atoms with van der Waals surface area (Å²) >= 11 is 6.00. The van der Waals surface area contributed by atoms with Crippen molar-refractivity contribution < 1.29 is 4.74 Å². The predicted molar refractivity (Wildman–Crippen MR) is 54.0 cm³/mol. The van der Waals surface area contributed by atoms with Crippen molar-refractivity contribution >= 4 is 22.5 Å². The number of H-pyrrole nitrogens is 1. The summed E-state index contributed by atoms with van der Waals surface area (Å²) in [5.41, 5.74) is 2.03. The van der Waals surface area contributed by atoms with Crippen LogP contribution in [0.3, 0.4) is 0 Å². The standard InChI is InChI=1S/C10H10ClNO/c1-13-6-8-5-7-3-2-4-9(11)10(7)12-8/h2-5,12H,6H2,1H3. The van der Waals surface area contributed by atoms with Gasteiger partial charge in [0.2, 0.25) is 0 Å². The van der Waals surface area contributed by atoms with Crippen molar-refractivity contribution in [3.8, 4) is 0 Å². The quantitative estimate of drug-likeness (QED) is 0.783. The number of benzene rings is 1. The number of hydrogen-bond donors (Lipinski definition) is 1. The molecule has 2 aromatic rings. The number of para-hydroxylation sites is 1. The lowest BCUT2D eigenvalue weighted by atomic mass is 10.2. The van der Waals surface area contributed by atoms with Gasteiger partial charge in [-0.1, -0.05) is 23.7 Å². The van der Waals surface area contributed by atoms with Crippen LogP contribution in [0.4, 0.5) is 0 Å². The molecule has 0 aliphatic heterocycles. The molecule has 0 amide bonds. The molecule has 1 aromatic carbocycles. The summed E-state index contributed by atoms with van der Waals surface area (Å²) in [7, 11) is 1.67. The van der Waals surface area contributed by atoms with Gasteiger partial charge in [-0.05, 0) is 12.1 Å². The Morgan fingerprint density at radius 2 is 2.31 bits per heavy atom. The molecule has 13 heavy (non-hydrogen) atoms. The molecule has 68 valence electrons. The van der Waals surface area contributed by atoms with Gasteiger partial charge < -0.3 is 9.72 Å². The number of rotatable bonds is 2. The molecule has 0 aliphatic rings. The van der Waals surface area contributed by atoms with Gasteiger partial charge in [0.15, 0.2) is 0 Å². The maximum Gasteiger partial charge on any atom is 0.0862 e. The maximum absolute atomic E-state index is 6.00. The summed E-state index contributed by atoms with van der Waals surface area (Å²) < 4.78 is 5.02. The Balaban J connectivity index is 2.55. The van der Waals surface area contributed by atoms with Crippen molar-refractivity contribution in [1.82, 2.24) is 4.98 Å². The van der Waals surface area contributed by atoms with Crippen LogP contribution in [-0.2, 0) is 11.3 Å². The van der Waals surface area contributed by atoms with Crippen LogP contribution >= 0.6 is 11.6 Å². The van der Waals surface area contributed by atoms with Crippen molar-refractivity contribution in [2.45, 2.75) is 6.61 Å². The molecule has 1 N–H and O–H groups in total. The van der Waals surface area contributed by atoms with Crippen LogP contribution in [-0.4, -0.2) is 12.1 Å². The van der Waals surface area contributed by atoms with Crippen LogP contribution in [0.25, 0.3) is 10.9 Å². The van der Waals surface area contributed by atoms with Crippen LogP contribution in [0.2, 0.25) is 5.02 Å². The van der Waals surface area contributed by atoms with E-state index in [1.54, 1.807) is 7.11 Å². The van der Waals surface area contributed by atoms with Crippen LogP contribution in [0.15, 0.2) is 24.3 Å². The Kier molecular flexibility index (Phi) is 2.25. The number of aromatic nitrogens is 1.